The van der Waals surface area contributed by atoms with Crippen LogP contribution in [0, 0.1) is 3.57 Å². The van der Waals surface area contributed by atoms with Crippen LogP contribution in [0.1, 0.15) is 77.1 Å². The van der Waals surface area contributed by atoms with E-state index in [4.69, 9.17) is 5.10 Å². The Hall–Kier alpha value is -0.0600. The first-order valence-electron chi connectivity index (χ1n) is 7.98. The summed E-state index contributed by atoms with van der Waals surface area (Å²) < 4.78 is 3.65. The zero-order valence-corrected chi connectivity index (χ0v) is 15.0. The third-order valence-electron chi connectivity index (χ3n) is 3.70. The van der Waals surface area contributed by atoms with Gasteiger partial charge in [0.1, 0.15) is 0 Å². The zero-order chi connectivity index (χ0) is 14.1. The molecule has 0 saturated heterocycles. The second-order valence-corrected chi connectivity index (χ2v) is 6.34. The van der Waals surface area contributed by atoms with Gasteiger partial charge < -0.3 is 0 Å². The smallest absolute Gasteiger partial charge is 0.0758 e. The molecule has 1 aromatic rings. The predicted molar refractivity (Wildman–Crippen MR) is 91.7 cm³/mol. The fourth-order valence-corrected chi connectivity index (χ4v) is 3.65. The molecule has 0 atom stereocenters. The van der Waals surface area contributed by atoms with Crippen LogP contribution in [-0.2, 0) is 19.4 Å². The summed E-state index contributed by atoms with van der Waals surface area (Å²) in [4.78, 5) is 0. The Kier molecular flexibility index (Phi) is 8.75. The largest absolute Gasteiger partial charge is 0.268 e. The average molecular weight is 376 g/mol. The maximum absolute atomic E-state index is 4.76. The highest BCUT2D eigenvalue weighted by atomic mass is 127. The maximum atomic E-state index is 4.76. The highest BCUT2D eigenvalue weighted by Gasteiger charge is 2.12. The average Bonchev–Trinajstić information content (AvgIpc) is 2.73. The summed E-state index contributed by atoms with van der Waals surface area (Å²) in [5.41, 5.74) is 2.71. The van der Waals surface area contributed by atoms with Crippen LogP contribution in [0.5, 0.6) is 0 Å². The van der Waals surface area contributed by atoms with Gasteiger partial charge in [-0.1, -0.05) is 59.3 Å². The summed E-state index contributed by atoms with van der Waals surface area (Å²) in [6.45, 7) is 7.81. The molecule has 0 bridgehead atoms. The van der Waals surface area contributed by atoms with Crippen LogP contribution < -0.4 is 0 Å². The SMILES string of the molecule is CCCCCCCCCn1nc(CC)c(I)c1CC. The van der Waals surface area contributed by atoms with Gasteiger partial charge in [-0.25, -0.2) is 0 Å². The molecule has 1 rings (SSSR count). The normalized spacial score (nSPS) is 11.2. The number of hydrogen-bond donors (Lipinski definition) is 0. The fourth-order valence-electron chi connectivity index (χ4n) is 2.50. The Morgan fingerprint density at radius 2 is 1.53 bits per heavy atom. The van der Waals surface area contributed by atoms with Crippen molar-refractivity contribution in [3.8, 4) is 0 Å². The quantitative estimate of drug-likeness (QED) is 0.397. The monoisotopic (exact) mass is 376 g/mol. The lowest BCUT2D eigenvalue weighted by molar-refractivity contribution is 0.509. The molecule has 1 heterocycles. The van der Waals surface area contributed by atoms with E-state index in [1.165, 1.54) is 59.9 Å². The van der Waals surface area contributed by atoms with Gasteiger partial charge in [-0.2, -0.15) is 5.10 Å². The van der Waals surface area contributed by atoms with Crippen molar-refractivity contribution in [2.45, 2.75) is 85.1 Å². The van der Waals surface area contributed by atoms with Gasteiger partial charge in [-0.15, -0.1) is 0 Å². The van der Waals surface area contributed by atoms with Crippen molar-refractivity contribution >= 4 is 22.6 Å². The van der Waals surface area contributed by atoms with E-state index in [9.17, 15) is 0 Å². The summed E-state index contributed by atoms with van der Waals surface area (Å²) in [5, 5.41) is 4.76. The van der Waals surface area contributed by atoms with Crippen molar-refractivity contribution in [3.05, 3.63) is 15.0 Å². The number of hydrogen-bond acceptors (Lipinski definition) is 1. The minimum Gasteiger partial charge on any atom is -0.268 e. The third kappa shape index (κ3) is 5.44. The van der Waals surface area contributed by atoms with Crippen molar-refractivity contribution in [3.63, 3.8) is 0 Å². The van der Waals surface area contributed by atoms with Gasteiger partial charge in [0.15, 0.2) is 0 Å². The van der Waals surface area contributed by atoms with Gasteiger partial charge in [0.05, 0.1) is 15.0 Å². The number of unbranched alkanes of at least 4 members (excludes halogenated alkanes) is 6. The highest BCUT2D eigenvalue weighted by Crippen LogP contribution is 2.19. The highest BCUT2D eigenvalue weighted by molar-refractivity contribution is 14.1. The van der Waals surface area contributed by atoms with Crippen molar-refractivity contribution in [2.24, 2.45) is 0 Å². The van der Waals surface area contributed by atoms with Gasteiger partial charge in [0.25, 0.3) is 0 Å². The summed E-state index contributed by atoms with van der Waals surface area (Å²) in [5.74, 6) is 0. The first kappa shape index (κ1) is 17.0. The Morgan fingerprint density at radius 3 is 2.11 bits per heavy atom. The van der Waals surface area contributed by atoms with Crippen LogP contribution in [0.3, 0.4) is 0 Å². The maximum Gasteiger partial charge on any atom is 0.0758 e. The predicted octanol–water partition coefficient (Wildman–Crippen LogP) is 5.36. The van der Waals surface area contributed by atoms with E-state index in [1.54, 1.807) is 0 Å². The summed E-state index contributed by atoms with van der Waals surface area (Å²) in [6, 6.07) is 0. The van der Waals surface area contributed by atoms with Crippen molar-refractivity contribution < 1.29 is 0 Å². The summed E-state index contributed by atoms with van der Waals surface area (Å²) in [7, 11) is 0. The second-order valence-electron chi connectivity index (χ2n) is 5.26. The van der Waals surface area contributed by atoms with Crippen LogP contribution in [-0.4, -0.2) is 9.78 Å². The molecule has 0 saturated carbocycles. The lowest BCUT2D eigenvalue weighted by atomic mass is 10.1. The van der Waals surface area contributed by atoms with Crippen molar-refractivity contribution in [2.75, 3.05) is 0 Å². The first-order chi connectivity index (χ1) is 9.24. The number of nitrogens with zero attached hydrogens (tertiary/aromatic N) is 2. The van der Waals surface area contributed by atoms with Crippen molar-refractivity contribution in [1.82, 2.24) is 9.78 Å². The number of aryl methyl sites for hydroxylation is 2. The standard InChI is InChI=1S/C16H29IN2/c1-4-7-8-9-10-11-12-13-19-15(6-3)16(17)14(5-2)18-19/h4-13H2,1-3H3. The zero-order valence-electron chi connectivity index (χ0n) is 12.8. The molecule has 0 aliphatic rings. The second kappa shape index (κ2) is 9.78. The molecule has 0 N–H and O–H groups in total. The van der Waals surface area contributed by atoms with Gasteiger partial charge in [0.2, 0.25) is 0 Å². The first-order valence-corrected chi connectivity index (χ1v) is 9.06. The van der Waals surface area contributed by atoms with Crippen molar-refractivity contribution in [1.29, 1.82) is 0 Å². The molecule has 0 fully saturated rings. The molecule has 110 valence electrons. The molecule has 0 radical (unpaired) electrons. The van der Waals surface area contributed by atoms with E-state index >= 15 is 0 Å². The Labute approximate surface area is 132 Å². The van der Waals surface area contributed by atoms with Gasteiger partial charge in [0, 0.05) is 6.54 Å². The van der Waals surface area contributed by atoms with E-state index in [2.05, 4.69) is 48.0 Å². The minimum absolute atomic E-state index is 1.05. The summed E-state index contributed by atoms with van der Waals surface area (Å²) >= 11 is 2.46. The molecule has 0 aliphatic heterocycles. The molecule has 0 aromatic carbocycles. The molecule has 2 nitrogen and oxygen atoms in total. The van der Waals surface area contributed by atoms with E-state index in [0.717, 1.165) is 19.4 Å². The van der Waals surface area contributed by atoms with E-state index in [0.29, 0.717) is 0 Å². The molecule has 0 unspecified atom stereocenters. The molecule has 1 aromatic heterocycles. The topological polar surface area (TPSA) is 17.8 Å². The number of halogens is 1. The molecule has 3 heteroatoms. The molecule has 0 aliphatic carbocycles. The number of aromatic nitrogens is 2. The van der Waals surface area contributed by atoms with Crippen LogP contribution in [0.2, 0.25) is 0 Å². The molecule has 19 heavy (non-hydrogen) atoms. The molecular weight excluding hydrogens is 347 g/mol. The Morgan fingerprint density at radius 1 is 0.895 bits per heavy atom. The molecule has 0 spiro atoms. The van der Waals surface area contributed by atoms with Gasteiger partial charge in [-0.3, -0.25) is 4.68 Å². The number of rotatable bonds is 10. The van der Waals surface area contributed by atoms with Crippen LogP contribution in [0.25, 0.3) is 0 Å². The van der Waals surface area contributed by atoms with E-state index in [-0.39, 0.29) is 0 Å². The Balaban J connectivity index is 2.32. The van der Waals surface area contributed by atoms with Crippen LogP contribution in [0.4, 0.5) is 0 Å². The lowest BCUT2D eigenvalue weighted by Gasteiger charge is -2.06. The van der Waals surface area contributed by atoms with Crippen LogP contribution in [0.15, 0.2) is 0 Å². The fraction of sp³-hybridized carbons (Fsp3) is 0.812. The Bertz CT molecular complexity index is 358. The lowest BCUT2D eigenvalue weighted by Crippen LogP contribution is -2.05. The summed E-state index contributed by atoms with van der Waals surface area (Å²) in [6.07, 6.45) is 11.7. The minimum atomic E-state index is 1.05. The van der Waals surface area contributed by atoms with E-state index < -0.39 is 0 Å². The van der Waals surface area contributed by atoms with Gasteiger partial charge >= 0.3 is 0 Å². The van der Waals surface area contributed by atoms with Crippen LogP contribution >= 0.6 is 22.6 Å². The van der Waals surface area contributed by atoms with Gasteiger partial charge in [-0.05, 0) is 41.9 Å². The molecular formula is C16H29IN2. The molecule has 0 amide bonds. The third-order valence-corrected chi connectivity index (χ3v) is 4.95. The van der Waals surface area contributed by atoms with E-state index in [1.807, 2.05) is 0 Å².